The number of carbonyl (C=O) groups is 1. The maximum Gasteiger partial charge on any atom is 0.251 e. The second-order valence-corrected chi connectivity index (χ2v) is 7.88. The number of carbonyl (C=O) groups excluding carboxylic acids is 1. The van der Waals surface area contributed by atoms with Crippen LogP contribution in [-0.2, 0) is 0 Å². The monoisotopic (exact) mass is 328 g/mol. The van der Waals surface area contributed by atoms with Crippen molar-refractivity contribution in [1.29, 1.82) is 0 Å². The molecule has 0 radical (unpaired) electrons. The minimum atomic E-state index is 0.0440. The van der Waals surface area contributed by atoms with Gasteiger partial charge in [-0.1, -0.05) is 6.42 Å². The summed E-state index contributed by atoms with van der Waals surface area (Å²) in [6.07, 6.45) is 9.71. The van der Waals surface area contributed by atoms with Crippen molar-refractivity contribution in [2.24, 2.45) is 17.6 Å². The first kappa shape index (κ1) is 15.9. The molecular formula is C20H28N2O2. The Hall–Kier alpha value is -1.55. The molecule has 3 aliphatic carbocycles. The van der Waals surface area contributed by atoms with E-state index in [9.17, 15) is 4.79 Å². The number of benzene rings is 1. The van der Waals surface area contributed by atoms with Crippen LogP contribution in [0.15, 0.2) is 24.3 Å². The maximum absolute atomic E-state index is 12.6. The van der Waals surface area contributed by atoms with Gasteiger partial charge in [0.25, 0.3) is 5.91 Å². The smallest absolute Gasteiger partial charge is 0.251 e. The predicted molar refractivity (Wildman–Crippen MR) is 94.0 cm³/mol. The topological polar surface area (TPSA) is 64.3 Å². The summed E-state index contributed by atoms with van der Waals surface area (Å²) in [7, 11) is 0. The second kappa shape index (κ2) is 6.75. The molecule has 1 aromatic carbocycles. The Bertz CT molecular complexity index is 568. The van der Waals surface area contributed by atoms with Crippen LogP contribution < -0.4 is 15.8 Å². The number of hydrogen-bond acceptors (Lipinski definition) is 3. The molecule has 0 saturated heterocycles. The summed E-state index contributed by atoms with van der Waals surface area (Å²) < 4.78 is 5.86. The largest absolute Gasteiger partial charge is 0.490 e. The van der Waals surface area contributed by atoms with Gasteiger partial charge in [0.2, 0.25) is 0 Å². The van der Waals surface area contributed by atoms with Crippen LogP contribution in [0.1, 0.15) is 61.7 Å². The number of nitrogens with one attached hydrogen (secondary N) is 1. The average Bonchev–Trinajstić information content (AvgIpc) is 2.52. The van der Waals surface area contributed by atoms with Crippen molar-refractivity contribution in [2.75, 3.05) is 0 Å². The number of fused-ring (bicyclic) bond motifs is 2. The fraction of sp³-hybridized carbons (Fsp3) is 0.650. The Morgan fingerprint density at radius 3 is 2.21 bits per heavy atom. The van der Waals surface area contributed by atoms with Gasteiger partial charge in [-0.3, -0.25) is 4.79 Å². The average molecular weight is 328 g/mol. The van der Waals surface area contributed by atoms with E-state index in [0.29, 0.717) is 30.0 Å². The van der Waals surface area contributed by atoms with Crippen molar-refractivity contribution in [3.05, 3.63) is 29.8 Å². The Kier molecular flexibility index (Phi) is 4.49. The normalized spacial score (nSPS) is 32.7. The van der Waals surface area contributed by atoms with E-state index < -0.39 is 0 Å². The van der Waals surface area contributed by atoms with Crippen LogP contribution in [-0.4, -0.2) is 24.1 Å². The first-order valence-corrected chi connectivity index (χ1v) is 9.52. The summed E-state index contributed by atoms with van der Waals surface area (Å²) in [4.78, 5) is 12.6. The van der Waals surface area contributed by atoms with Gasteiger partial charge in [-0.2, -0.15) is 0 Å². The first-order valence-electron chi connectivity index (χ1n) is 9.52. The van der Waals surface area contributed by atoms with Crippen molar-refractivity contribution in [1.82, 2.24) is 5.32 Å². The molecule has 0 heterocycles. The molecule has 2 unspecified atom stereocenters. The molecule has 3 N–H and O–H groups in total. The van der Waals surface area contributed by atoms with Gasteiger partial charge in [-0.05, 0) is 81.0 Å². The molecule has 24 heavy (non-hydrogen) atoms. The number of rotatable bonds is 4. The zero-order valence-electron chi connectivity index (χ0n) is 14.2. The maximum atomic E-state index is 12.6. The molecule has 0 aromatic heterocycles. The SMILES string of the molecule is NC1CC2CCCC(C1)C2NC(=O)c1ccc(OC2CCC2)cc1. The zero-order valence-corrected chi connectivity index (χ0v) is 14.2. The Morgan fingerprint density at radius 1 is 1.00 bits per heavy atom. The quantitative estimate of drug-likeness (QED) is 0.892. The van der Waals surface area contributed by atoms with E-state index >= 15 is 0 Å². The molecule has 3 fully saturated rings. The Balaban J connectivity index is 1.38. The third kappa shape index (κ3) is 3.30. The minimum Gasteiger partial charge on any atom is -0.490 e. The van der Waals surface area contributed by atoms with Crippen LogP contribution in [0.3, 0.4) is 0 Å². The van der Waals surface area contributed by atoms with Gasteiger partial charge in [0.1, 0.15) is 5.75 Å². The molecule has 3 saturated carbocycles. The molecular weight excluding hydrogens is 300 g/mol. The van der Waals surface area contributed by atoms with Gasteiger partial charge in [-0.15, -0.1) is 0 Å². The lowest BCUT2D eigenvalue weighted by molar-refractivity contribution is 0.0756. The van der Waals surface area contributed by atoms with Gasteiger partial charge in [0.05, 0.1) is 6.10 Å². The number of nitrogens with two attached hydrogens (primary N) is 1. The van der Waals surface area contributed by atoms with E-state index in [1.807, 2.05) is 24.3 Å². The molecule has 3 aliphatic rings. The Labute approximate surface area is 144 Å². The van der Waals surface area contributed by atoms with Crippen molar-refractivity contribution >= 4 is 5.91 Å². The van der Waals surface area contributed by atoms with E-state index in [-0.39, 0.29) is 5.91 Å². The van der Waals surface area contributed by atoms with Crippen LogP contribution in [0.4, 0.5) is 0 Å². The highest BCUT2D eigenvalue weighted by Gasteiger charge is 2.39. The molecule has 1 amide bonds. The van der Waals surface area contributed by atoms with Crippen LogP contribution in [0.5, 0.6) is 5.75 Å². The van der Waals surface area contributed by atoms with E-state index in [4.69, 9.17) is 10.5 Å². The number of ether oxygens (including phenoxy) is 1. The van der Waals surface area contributed by atoms with E-state index in [0.717, 1.165) is 37.0 Å². The summed E-state index contributed by atoms with van der Waals surface area (Å²) >= 11 is 0. The number of hydrogen-bond donors (Lipinski definition) is 2. The number of amides is 1. The molecule has 4 heteroatoms. The molecule has 2 bridgehead atoms. The molecule has 0 aliphatic heterocycles. The molecule has 4 nitrogen and oxygen atoms in total. The highest BCUT2D eigenvalue weighted by Crippen LogP contribution is 2.39. The van der Waals surface area contributed by atoms with Gasteiger partial charge in [0.15, 0.2) is 0 Å². The van der Waals surface area contributed by atoms with Crippen LogP contribution in [0.2, 0.25) is 0 Å². The molecule has 130 valence electrons. The predicted octanol–water partition coefficient (Wildman–Crippen LogP) is 3.25. The summed E-state index contributed by atoms with van der Waals surface area (Å²) in [5.74, 6) is 2.02. The summed E-state index contributed by atoms with van der Waals surface area (Å²) in [5.41, 5.74) is 6.90. The van der Waals surface area contributed by atoms with E-state index in [1.54, 1.807) is 0 Å². The zero-order chi connectivity index (χ0) is 16.5. The van der Waals surface area contributed by atoms with E-state index in [1.165, 1.54) is 25.7 Å². The molecule has 2 atom stereocenters. The van der Waals surface area contributed by atoms with Crippen LogP contribution in [0, 0.1) is 11.8 Å². The van der Waals surface area contributed by atoms with Crippen LogP contribution in [0.25, 0.3) is 0 Å². The summed E-state index contributed by atoms with van der Waals surface area (Å²) in [6, 6.07) is 8.23. The van der Waals surface area contributed by atoms with Gasteiger partial charge in [0, 0.05) is 17.6 Å². The first-order chi connectivity index (χ1) is 11.7. The fourth-order valence-electron chi connectivity index (χ4n) is 4.63. The highest BCUT2D eigenvalue weighted by atomic mass is 16.5. The van der Waals surface area contributed by atoms with Crippen molar-refractivity contribution in [2.45, 2.75) is 69.6 Å². The molecule has 1 aromatic rings. The van der Waals surface area contributed by atoms with Crippen molar-refractivity contribution in [3.8, 4) is 5.75 Å². The van der Waals surface area contributed by atoms with Crippen LogP contribution >= 0.6 is 0 Å². The minimum absolute atomic E-state index is 0.0440. The highest BCUT2D eigenvalue weighted by molar-refractivity contribution is 5.94. The third-order valence-electron chi connectivity index (χ3n) is 6.15. The van der Waals surface area contributed by atoms with E-state index in [2.05, 4.69) is 5.32 Å². The lowest BCUT2D eigenvalue weighted by atomic mass is 9.67. The Morgan fingerprint density at radius 2 is 1.62 bits per heavy atom. The standard InChI is InChI=1S/C20H28N2O2/c21-16-11-14-3-1-4-15(12-16)19(14)22-20(23)13-7-9-18(10-8-13)24-17-5-2-6-17/h7-10,14-17,19H,1-6,11-12,21H2,(H,22,23). The second-order valence-electron chi connectivity index (χ2n) is 7.88. The lowest BCUT2D eigenvalue weighted by Crippen LogP contribution is -2.53. The lowest BCUT2D eigenvalue weighted by Gasteiger charge is -2.45. The third-order valence-corrected chi connectivity index (χ3v) is 6.15. The summed E-state index contributed by atoms with van der Waals surface area (Å²) in [6.45, 7) is 0. The van der Waals surface area contributed by atoms with Crippen molar-refractivity contribution in [3.63, 3.8) is 0 Å². The molecule has 0 spiro atoms. The fourth-order valence-corrected chi connectivity index (χ4v) is 4.63. The van der Waals surface area contributed by atoms with Crippen molar-refractivity contribution < 1.29 is 9.53 Å². The van der Waals surface area contributed by atoms with Gasteiger partial charge in [-0.25, -0.2) is 0 Å². The molecule has 4 rings (SSSR count). The summed E-state index contributed by atoms with van der Waals surface area (Å²) in [5, 5.41) is 3.31. The van der Waals surface area contributed by atoms with Gasteiger partial charge >= 0.3 is 0 Å². The van der Waals surface area contributed by atoms with Gasteiger partial charge < -0.3 is 15.8 Å².